The maximum atomic E-state index is 13.2. The van der Waals surface area contributed by atoms with Crippen LogP contribution in [-0.4, -0.2) is 47.7 Å². The van der Waals surface area contributed by atoms with Gasteiger partial charge in [0.1, 0.15) is 24.0 Å². The first-order valence-electron chi connectivity index (χ1n) is 12.6. The average Bonchev–Trinajstić information content (AvgIpc) is 2.90. The SMILES string of the molecule is CCCCNc1ccc2c3c(cccc13)C(=O)N(NCC(O)COc1ccc3c(C)cc(=O)oc3c1)C2=O. The summed E-state index contributed by atoms with van der Waals surface area (Å²) in [5, 5.41) is 17.1. The van der Waals surface area contributed by atoms with Crippen molar-refractivity contribution in [1.82, 2.24) is 10.4 Å². The van der Waals surface area contributed by atoms with E-state index in [1.807, 2.05) is 19.1 Å². The molecule has 0 saturated carbocycles. The highest BCUT2D eigenvalue weighted by atomic mass is 16.5. The van der Waals surface area contributed by atoms with E-state index in [1.54, 1.807) is 36.4 Å². The number of carbonyl (C=O) groups excluding carboxylic acids is 2. The van der Waals surface area contributed by atoms with E-state index in [2.05, 4.69) is 17.7 Å². The van der Waals surface area contributed by atoms with Crippen LogP contribution in [0.15, 0.2) is 63.8 Å². The van der Waals surface area contributed by atoms with Crippen molar-refractivity contribution >= 4 is 39.2 Å². The van der Waals surface area contributed by atoms with Gasteiger partial charge in [0.15, 0.2) is 0 Å². The van der Waals surface area contributed by atoms with Crippen molar-refractivity contribution in [2.75, 3.05) is 25.0 Å². The second-order valence-corrected chi connectivity index (χ2v) is 9.35. The normalized spacial score (nSPS) is 13.8. The van der Waals surface area contributed by atoms with Gasteiger partial charge in [-0.25, -0.2) is 15.2 Å². The number of anilines is 1. The van der Waals surface area contributed by atoms with Crippen LogP contribution >= 0.6 is 0 Å². The topological polar surface area (TPSA) is 121 Å². The van der Waals surface area contributed by atoms with Crippen LogP contribution in [0.2, 0.25) is 0 Å². The number of imide groups is 1. The Bertz CT molecular complexity index is 1570. The standard InChI is InChI=1S/C29H29N3O6/c1-3-4-12-30-24-11-10-23-27-21(24)6-5-7-22(27)28(35)32(29(23)36)31-15-18(33)16-37-19-8-9-20-17(2)13-26(34)38-25(20)14-19/h5-11,13-14,18,30-31,33H,3-4,12,15-16H2,1-2H3. The van der Waals surface area contributed by atoms with E-state index in [-0.39, 0.29) is 13.2 Å². The molecule has 1 unspecified atom stereocenters. The Kier molecular flexibility index (Phi) is 7.13. The molecule has 1 aromatic heterocycles. The second-order valence-electron chi connectivity index (χ2n) is 9.35. The predicted octanol–water partition coefficient (Wildman–Crippen LogP) is 4.01. The fourth-order valence-corrected chi connectivity index (χ4v) is 4.64. The monoisotopic (exact) mass is 515 g/mol. The van der Waals surface area contributed by atoms with E-state index in [1.165, 1.54) is 6.07 Å². The molecule has 9 nitrogen and oxygen atoms in total. The number of aliphatic hydroxyl groups excluding tert-OH is 1. The van der Waals surface area contributed by atoms with Gasteiger partial charge >= 0.3 is 5.63 Å². The van der Waals surface area contributed by atoms with E-state index < -0.39 is 23.5 Å². The Hall–Kier alpha value is -4.21. The van der Waals surface area contributed by atoms with Gasteiger partial charge in [0.05, 0.1) is 11.1 Å². The first kappa shape index (κ1) is 25.4. The Morgan fingerprint density at radius 2 is 1.79 bits per heavy atom. The summed E-state index contributed by atoms with van der Waals surface area (Å²) in [5.74, 6) is -0.543. The summed E-state index contributed by atoms with van der Waals surface area (Å²) in [6.07, 6.45) is 1.04. The van der Waals surface area contributed by atoms with Crippen LogP contribution < -0.4 is 21.1 Å². The fourth-order valence-electron chi connectivity index (χ4n) is 4.64. The van der Waals surface area contributed by atoms with E-state index in [4.69, 9.17) is 9.15 Å². The molecule has 1 aliphatic rings. The largest absolute Gasteiger partial charge is 0.491 e. The quantitative estimate of drug-likeness (QED) is 0.165. The number of carbonyl (C=O) groups is 2. The number of nitrogens with one attached hydrogen (secondary N) is 2. The summed E-state index contributed by atoms with van der Waals surface area (Å²) >= 11 is 0. The number of rotatable bonds is 10. The fraction of sp³-hybridized carbons (Fsp3) is 0.276. The lowest BCUT2D eigenvalue weighted by atomic mass is 9.93. The van der Waals surface area contributed by atoms with Crippen LogP contribution in [0.5, 0.6) is 5.75 Å². The smallest absolute Gasteiger partial charge is 0.336 e. The third-order valence-corrected chi connectivity index (χ3v) is 6.60. The van der Waals surface area contributed by atoms with E-state index in [9.17, 15) is 19.5 Å². The molecule has 9 heteroatoms. The van der Waals surface area contributed by atoms with E-state index in [0.717, 1.165) is 46.4 Å². The van der Waals surface area contributed by atoms with Crippen LogP contribution in [-0.2, 0) is 0 Å². The van der Waals surface area contributed by atoms with E-state index in [0.29, 0.717) is 27.8 Å². The number of unbranched alkanes of at least 4 members (excludes halogenated alkanes) is 1. The maximum absolute atomic E-state index is 13.2. The highest BCUT2D eigenvalue weighted by molar-refractivity contribution is 6.26. The van der Waals surface area contributed by atoms with Crippen LogP contribution in [0, 0.1) is 6.92 Å². The number of nitrogens with zero attached hydrogens (tertiary/aromatic N) is 1. The third kappa shape index (κ3) is 4.85. The molecule has 0 radical (unpaired) electrons. The molecular formula is C29H29N3O6. The van der Waals surface area contributed by atoms with Gasteiger partial charge in [-0.1, -0.05) is 25.5 Å². The number of hydrogen-bond acceptors (Lipinski definition) is 8. The van der Waals surface area contributed by atoms with Crippen molar-refractivity contribution in [3.63, 3.8) is 0 Å². The molecule has 2 amide bonds. The molecule has 0 bridgehead atoms. The Balaban J connectivity index is 1.26. The summed E-state index contributed by atoms with van der Waals surface area (Å²) in [6.45, 7) is 4.54. The van der Waals surface area contributed by atoms with Gasteiger partial charge in [0.25, 0.3) is 11.8 Å². The number of aliphatic hydroxyl groups is 1. The molecule has 2 heterocycles. The number of aryl methyl sites for hydroxylation is 1. The van der Waals surface area contributed by atoms with Crippen molar-refractivity contribution in [2.24, 2.45) is 0 Å². The lowest BCUT2D eigenvalue weighted by molar-refractivity contribution is 0.0433. The minimum absolute atomic E-state index is 0.0960. The Morgan fingerprint density at radius 1 is 1.00 bits per heavy atom. The van der Waals surface area contributed by atoms with Crippen LogP contribution in [0.4, 0.5) is 5.69 Å². The van der Waals surface area contributed by atoms with Gasteiger partial charge < -0.3 is 19.6 Å². The molecule has 1 aliphatic heterocycles. The molecular weight excluding hydrogens is 486 g/mol. The number of hydrazine groups is 1. The van der Waals surface area contributed by atoms with Gasteiger partial charge in [-0.3, -0.25) is 9.59 Å². The zero-order valence-electron chi connectivity index (χ0n) is 21.2. The molecule has 196 valence electrons. The number of fused-ring (bicyclic) bond motifs is 1. The molecule has 38 heavy (non-hydrogen) atoms. The molecule has 3 N–H and O–H groups in total. The van der Waals surface area contributed by atoms with Crippen molar-refractivity contribution in [3.05, 3.63) is 81.7 Å². The van der Waals surface area contributed by atoms with Gasteiger partial charge in [-0.05, 0) is 49.2 Å². The maximum Gasteiger partial charge on any atom is 0.336 e. The van der Waals surface area contributed by atoms with Crippen LogP contribution in [0.1, 0.15) is 46.0 Å². The first-order chi connectivity index (χ1) is 18.4. The minimum atomic E-state index is -1.03. The summed E-state index contributed by atoms with van der Waals surface area (Å²) in [7, 11) is 0. The summed E-state index contributed by atoms with van der Waals surface area (Å²) in [5.41, 5.74) is 5.23. The first-order valence-corrected chi connectivity index (χ1v) is 12.6. The summed E-state index contributed by atoms with van der Waals surface area (Å²) in [6, 6.07) is 15.5. The van der Waals surface area contributed by atoms with Crippen molar-refractivity contribution in [3.8, 4) is 5.75 Å². The van der Waals surface area contributed by atoms with Gasteiger partial charge in [-0.2, -0.15) is 0 Å². The number of amides is 2. The highest BCUT2D eigenvalue weighted by Crippen LogP contribution is 2.34. The molecule has 0 fully saturated rings. The summed E-state index contributed by atoms with van der Waals surface area (Å²) in [4.78, 5) is 38.1. The Labute approximate surface area is 219 Å². The number of ether oxygens (including phenoxy) is 1. The predicted molar refractivity (Wildman–Crippen MR) is 145 cm³/mol. The molecule has 0 spiro atoms. The van der Waals surface area contributed by atoms with Crippen LogP contribution in [0.25, 0.3) is 21.7 Å². The van der Waals surface area contributed by atoms with Crippen LogP contribution in [0.3, 0.4) is 0 Å². The van der Waals surface area contributed by atoms with Crippen molar-refractivity contribution in [1.29, 1.82) is 0 Å². The van der Waals surface area contributed by atoms with Gasteiger partial charge in [-0.15, -0.1) is 0 Å². The second kappa shape index (κ2) is 10.6. The van der Waals surface area contributed by atoms with E-state index >= 15 is 0 Å². The Morgan fingerprint density at radius 3 is 2.58 bits per heavy atom. The molecule has 5 rings (SSSR count). The van der Waals surface area contributed by atoms with Crippen molar-refractivity contribution < 1.29 is 23.8 Å². The summed E-state index contributed by atoms with van der Waals surface area (Å²) < 4.78 is 10.9. The molecule has 1 atom stereocenters. The van der Waals surface area contributed by atoms with Crippen molar-refractivity contribution in [2.45, 2.75) is 32.8 Å². The lowest BCUT2D eigenvalue weighted by Gasteiger charge is -2.29. The lowest BCUT2D eigenvalue weighted by Crippen LogP contribution is -2.52. The molecule has 0 aliphatic carbocycles. The number of hydrogen-bond donors (Lipinski definition) is 3. The third-order valence-electron chi connectivity index (χ3n) is 6.60. The molecule has 3 aromatic carbocycles. The minimum Gasteiger partial charge on any atom is -0.491 e. The zero-order valence-corrected chi connectivity index (χ0v) is 21.2. The van der Waals surface area contributed by atoms with Gasteiger partial charge in [0.2, 0.25) is 0 Å². The van der Waals surface area contributed by atoms with Gasteiger partial charge in [0, 0.05) is 47.1 Å². The number of benzene rings is 3. The molecule has 4 aromatic rings. The highest BCUT2D eigenvalue weighted by Gasteiger charge is 2.33. The zero-order chi connectivity index (χ0) is 26.8. The molecule has 0 saturated heterocycles. The average molecular weight is 516 g/mol.